The third kappa shape index (κ3) is 1.34. The number of nitrogens with zero attached hydrogens (tertiary/aromatic N) is 2. The second-order valence-electron chi connectivity index (χ2n) is 4.89. The molecule has 2 heterocycles. The van der Waals surface area contributed by atoms with Gasteiger partial charge in [-0.25, -0.2) is 4.79 Å². The number of hydrogen-bond acceptors (Lipinski definition) is 3. The fourth-order valence-corrected chi connectivity index (χ4v) is 2.64. The average molecular weight is 225 g/mol. The van der Waals surface area contributed by atoms with E-state index < -0.39 is 5.54 Å². The number of nitrogens with one attached hydrogen (secondary N) is 1. The maximum atomic E-state index is 12.4. The smallest absolute Gasteiger partial charge is 0.317 e. The molecule has 0 saturated carbocycles. The molecule has 5 heteroatoms. The molecule has 5 nitrogen and oxygen atoms in total. The highest BCUT2D eigenvalue weighted by Crippen LogP contribution is 2.35. The first-order chi connectivity index (χ1) is 7.50. The first-order valence-electron chi connectivity index (χ1n) is 5.83. The Labute approximate surface area is 95.8 Å². The summed E-state index contributed by atoms with van der Waals surface area (Å²) in [6, 6.07) is -0.210. The van der Waals surface area contributed by atoms with Crippen LogP contribution in [0.5, 0.6) is 0 Å². The number of carbonyl (C=O) groups excluding carboxylic acids is 2. The van der Waals surface area contributed by atoms with Crippen molar-refractivity contribution in [1.29, 1.82) is 0 Å². The average Bonchev–Trinajstić information content (AvgIpc) is 2.43. The highest BCUT2D eigenvalue weighted by atomic mass is 16.2. The van der Waals surface area contributed by atoms with Gasteiger partial charge in [-0.2, -0.15) is 0 Å². The number of piperidine rings is 1. The molecule has 2 aliphatic heterocycles. The van der Waals surface area contributed by atoms with Crippen molar-refractivity contribution in [2.45, 2.75) is 38.3 Å². The topological polar surface area (TPSA) is 52.7 Å². The SMILES string of the molecule is CC(C)N1C(=O)N(C)C2(CCNCC2)C1=O. The second kappa shape index (κ2) is 3.73. The van der Waals surface area contributed by atoms with Crippen molar-refractivity contribution in [2.24, 2.45) is 0 Å². The summed E-state index contributed by atoms with van der Waals surface area (Å²) in [6.07, 6.45) is 1.44. The standard InChI is InChI=1S/C11H19N3O2/c1-8(2)14-9(15)11(13(3)10(14)16)4-6-12-7-5-11/h8,12H,4-7H2,1-3H3. The molecule has 2 saturated heterocycles. The summed E-state index contributed by atoms with van der Waals surface area (Å²) in [7, 11) is 1.74. The van der Waals surface area contributed by atoms with Crippen LogP contribution in [0.1, 0.15) is 26.7 Å². The van der Waals surface area contributed by atoms with Gasteiger partial charge in [0.1, 0.15) is 5.54 Å². The van der Waals surface area contributed by atoms with Crippen LogP contribution in [0.4, 0.5) is 4.79 Å². The molecule has 3 amide bonds. The van der Waals surface area contributed by atoms with Gasteiger partial charge in [-0.05, 0) is 39.8 Å². The molecule has 1 spiro atoms. The molecule has 0 atom stereocenters. The minimum Gasteiger partial charge on any atom is -0.317 e. The Hall–Kier alpha value is -1.10. The van der Waals surface area contributed by atoms with E-state index in [-0.39, 0.29) is 18.0 Å². The summed E-state index contributed by atoms with van der Waals surface area (Å²) in [5, 5.41) is 3.23. The van der Waals surface area contributed by atoms with Gasteiger partial charge in [0.25, 0.3) is 5.91 Å². The summed E-state index contributed by atoms with van der Waals surface area (Å²) >= 11 is 0. The third-order valence-corrected chi connectivity index (χ3v) is 3.70. The van der Waals surface area contributed by atoms with Crippen LogP contribution in [-0.4, -0.2) is 53.5 Å². The second-order valence-corrected chi connectivity index (χ2v) is 4.89. The van der Waals surface area contributed by atoms with Crippen molar-refractivity contribution in [3.05, 3.63) is 0 Å². The number of likely N-dealkylation sites (N-methyl/N-ethyl adjacent to an activating group) is 1. The van der Waals surface area contributed by atoms with Crippen LogP contribution in [0.15, 0.2) is 0 Å². The third-order valence-electron chi connectivity index (χ3n) is 3.70. The lowest BCUT2D eigenvalue weighted by Crippen LogP contribution is -2.54. The van der Waals surface area contributed by atoms with Gasteiger partial charge in [-0.15, -0.1) is 0 Å². The number of carbonyl (C=O) groups is 2. The van der Waals surface area contributed by atoms with Crippen molar-refractivity contribution in [3.63, 3.8) is 0 Å². The summed E-state index contributed by atoms with van der Waals surface area (Å²) in [6.45, 7) is 5.36. The Morgan fingerprint density at radius 2 is 1.81 bits per heavy atom. The van der Waals surface area contributed by atoms with Crippen LogP contribution in [0, 0.1) is 0 Å². The Kier molecular flexibility index (Phi) is 2.66. The number of amides is 3. The molecule has 0 aliphatic carbocycles. The van der Waals surface area contributed by atoms with Crippen molar-refractivity contribution in [1.82, 2.24) is 15.1 Å². The van der Waals surface area contributed by atoms with Gasteiger partial charge in [-0.3, -0.25) is 9.69 Å². The molecule has 0 unspecified atom stereocenters. The lowest BCUT2D eigenvalue weighted by Gasteiger charge is -2.36. The zero-order valence-electron chi connectivity index (χ0n) is 10.1. The predicted octanol–water partition coefficient (Wildman–Crippen LogP) is 0.411. The first kappa shape index (κ1) is 11.4. The van der Waals surface area contributed by atoms with Gasteiger partial charge >= 0.3 is 6.03 Å². The van der Waals surface area contributed by atoms with E-state index >= 15 is 0 Å². The Balaban J connectivity index is 2.34. The molecule has 0 radical (unpaired) electrons. The molecular weight excluding hydrogens is 206 g/mol. The van der Waals surface area contributed by atoms with E-state index in [0.29, 0.717) is 0 Å². The summed E-state index contributed by atoms with van der Waals surface area (Å²) < 4.78 is 0. The van der Waals surface area contributed by atoms with E-state index in [4.69, 9.17) is 0 Å². The van der Waals surface area contributed by atoms with Crippen molar-refractivity contribution in [3.8, 4) is 0 Å². The zero-order chi connectivity index (χ0) is 11.9. The first-order valence-corrected chi connectivity index (χ1v) is 5.83. The molecule has 0 bridgehead atoms. The maximum Gasteiger partial charge on any atom is 0.327 e. The van der Waals surface area contributed by atoms with E-state index in [2.05, 4.69) is 5.32 Å². The number of rotatable bonds is 1. The van der Waals surface area contributed by atoms with E-state index in [0.717, 1.165) is 25.9 Å². The molecule has 1 N–H and O–H groups in total. The van der Waals surface area contributed by atoms with Gasteiger partial charge in [-0.1, -0.05) is 0 Å². The number of urea groups is 1. The quantitative estimate of drug-likeness (QED) is 0.658. The van der Waals surface area contributed by atoms with Crippen molar-refractivity contribution in [2.75, 3.05) is 20.1 Å². The molecule has 0 aromatic carbocycles. The van der Waals surface area contributed by atoms with Crippen LogP contribution < -0.4 is 5.32 Å². The Bertz CT molecular complexity index is 321. The van der Waals surface area contributed by atoms with Gasteiger partial charge in [0.05, 0.1) is 0 Å². The number of hydrogen-bond donors (Lipinski definition) is 1. The van der Waals surface area contributed by atoms with E-state index in [1.165, 1.54) is 4.90 Å². The van der Waals surface area contributed by atoms with Crippen LogP contribution in [-0.2, 0) is 4.79 Å². The maximum absolute atomic E-state index is 12.4. The predicted molar refractivity (Wildman–Crippen MR) is 60.0 cm³/mol. The lowest BCUT2D eigenvalue weighted by atomic mass is 9.87. The monoisotopic (exact) mass is 225 g/mol. The van der Waals surface area contributed by atoms with E-state index in [1.54, 1.807) is 11.9 Å². The van der Waals surface area contributed by atoms with Gasteiger partial charge in [0.15, 0.2) is 0 Å². The molecule has 90 valence electrons. The minimum atomic E-state index is -0.577. The van der Waals surface area contributed by atoms with Gasteiger partial charge in [0.2, 0.25) is 0 Å². The van der Waals surface area contributed by atoms with Gasteiger partial charge in [0, 0.05) is 13.1 Å². The Morgan fingerprint density at radius 3 is 2.25 bits per heavy atom. The van der Waals surface area contributed by atoms with Gasteiger partial charge < -0.3 is 10.2 Å². The highest BCUT2D eigenvalue weighted by Gasteiger charge is 2.56. The minimum absolute atomic E-state index is 0.0171. The summed E-state index contributed by atoms with van der Waals surface area (Å²) in [5.74, 6) is -0.0171. The Morgan fingerprint density at radius 1 is 1.25 bits per heavy atom. The molecular formula is C11H19N3O2. The van der Waals surface area contributed by atoms with E-state index in [9.17, 15) is 9.59 Å². The van der Waals surface area contributed by atoms with Crippen LogP contribution in [0.2, 0.25) is 0 Å². The highest BCUT2D eigenvalue weighted by molar-refractivity contribution is 6.07. The molecule has 0 aromatic heterocycles. The van der Waals surface area contributed by atoms with E-state index in [1.807, 2.05) is 13.8 Å². The van der Waals surface area contributed by atoms with Crippen LogP contribution in [0.3, 0.4) is 0 Å². The molecule has 16 heavy (non-hydrogen) atoms. The zero-order valence-corrected chi connectivity index (χ0v) is 10.1. The molecule has 0 aromatic rings. The fraction of sp³-hybridized carbons (Fsp3) is 0.818. The van der Waals surface area contributed by atoms with Crippen molar-refractivity contribution < 1.29 is 9.59 Å². The summed E-state index contributed by atoms with van der Waals surface area (Å²) in [5.41, 5.74) is -0.577. The molecule has 2 aliphatic rings. The lowest BCUT2D eigenvalue weighted by molar-refractivity contribution is -0.135. The van der Waals surface area contributed by atoms with Crippen LogP contribution >= 0.6 is 0 Å². The number of imide groups is 1. The van der Waals surface area contributed by atoms with Crippen molar-refractivity contribution >= 4 is 11.9 Å². The molecule has 2 rings (SSSR count). The van der Waals surface area contributed by atoms with Crippen LogP contribution in [0.25, 0.3) is 0 Å². The molecule has 2 fully saturated rings. The fourth-order valence-electron chi connectivity index (χ4n) is 2.64. The largest absolute Gasteiger partial charge is 0.327 e. The summed E-state index contributed by atoms with van der Waals surface area (Å²) in [4.78, 5) is 27.5. The normalized spacial score (nSPS) is 25.0.